The Morgan fingerprint density at radius 2 is 1.67 bits per heavy atom. The van der Waals surface area contributed by atoms with Crippen molar-refractivity contribution in [3.05, 3.63) is 107 Å². The fourth-order valence-corrected chi connectivity index (χ4v) is 6.92. The number of amides is 2. The van der Waals surface area contributed by atoms with Gasteiger partial charge in [-0.15, -0.1) is 0 Å². The number of imidazole rings is 1. The van der Waals surface area contributed by atoms with Crippen LogP contribution < -0.4 is 10.6 Å². The van der Waals surface area contributed by atoms with Gasteiger partial charge in [0.15, 0.2) is 5.82 Å². The molecular weight excluding hydrogens is 650 g/mol. The number of hydrogen-bond acceptors (Lipinski definition) is 9. The van der Waals surface area contributed by atoms with E-state index in [0.717, 1.165) is 17.5 Å². The number of H-pyrrole nitrogens is 1. The van der Waals surface area contributed by atoms with Gasteiger partial charge in [-0.1, -0.05) is 60.7 Å². The number of benzene rings is 3. The summed E-state index contributed by atoms with van der Waals surface area (Å²) < 4.78 is 53.9. The highest BCUT2D eigenvalue weighted by Crippen LogP contribution is 2.55. The van der Waals surface area contributed by atoms with Crippen molar-refractivity contribution in [1.29, 1.82) is 0 Å². The second-order valence-electron chi connectivity index (χ2n) is 12.0. The molecule has 14 heteroatoms. The molecule has 0 saturated carbocycles. The number of anilines is 1. The number of fused-ring (bicyclic) bond motifs is 1. The molecule has 0 radical (unpaired) electrons. The zero-order valence-corrected chi connectivity index (χ0v) is 28.3. The predicted molar refractivity (Wildman–Crippen MR) is 182 cm³/mol. The zero-order chi connectivity index (χ0) is 34.4. The van der Waals surface area contributed by atoms with E-state index in [-0.39, 0.29) is 30.5 Å². The average Bonchev–Trinajstić information content (AvgIpc) is 3.77. The number of aromatic nitrogens is 4. The van der Waals surface area contributed by atoms with Crippen molar-refractivity contribution < 1.29 is 32.1 Å². The number of urea groups is 1. The van der Waals surface area contributed by atoms with E-state index < -0.39 is 31.4 Å². The lowest BCUT2D eigenvalue weighted by molar-refractivity contribution is 0.0188. The number of phosphoric acid groups is 1. The molecule has 0 aliphatic carbocycles. The first-order valence-electron chi connectivity index (χ1n) is 16.0. The summed E-state index contributed by atoms with van der Waals surface area (Å²) in [5.74, 6) is -0.152. The summed E-state index contributed by atoms with van der Waals surface area (Å²) in [5, 5.41) is 5.29. The van der Waals surface area contributed by atoms with Gasteiger partial charge in [0.25, 0.3) is 0 Å². The summed E-state index contributed by atoms with van der Waals surface area (Å²) in [4.78, 5) is 28.7. The smallest absolute Gasteiger partial charge is 0.373 e. The molecule has 3 N–H and O–H groups in total. The second kappa shape index (κ2) is 14.9. The van der Waals surface area contributed by atoms with Gasteiger partial charge in [-0.25, -0.2) is 28.7 Å². The number of phosphoric ester groups is 1. The van der Waals surface area contributed by atoms with E-state index in [9.17, 15) is 9.36 Å². The number of halogens is 1. The Bertz CT molecular complexity index is 1890. The van der Waals surface area contributed by atoms with E-state index >= 15 is 4.39 Å². The summed E-state index contributed by atoms with van der Waals surface area (Å²) in [6, 6.07) is 19.7. The lowest BCUT2D eigenvalue weighted by Gasteiger charge is -2.28. The molecule has 0 spiro atoms. The van der Waals surface area contributed by atoms with E-state index in [1.165, 1.54) is 12.4 Å². The third-order valence-corrected chi connectivity index (χ3v) is 9.45. The van der Waals surface area contributed by atoms with Gasteiger partial charge in [0, 0.05) is 42.2 Å². The van der Waals surface area contributed by atoms with Crippen LogP contribution in [0.15, 0.2) is 79.1 Å². The molecule has 3 heterocycles. The molecule has 3 aromatic carbocycles. The van der Waals surface area contributed by atoms with Crippen LogP contribution in [0.4, 0.5) is 15.1 Å². The summed E-state index contributed by atoms with van der Waals surface area (Å²) in [5.41, 5.74) is 2.03. The normalized spacial score (nSPS) is 15.1. The second-order valence-corrected chi connectivity index (χ2v) is 13.6. The van der Waals surface area contributed by atoms with Gasteiger partial charge in [-0.2, -0.15) is 0 Å². The largest absolute Gasteiger partial charge is 0.476 e. The maximum absolute atomic E-state index is 16.4. The molecule has 2 aromatic heterocycles. The van der Waals surface area contributed by atoms with Gasteiger partial charge in [-0.05, 0) is 50.8 Å². The number of ether oxygens (including phenoxy) is 1. The van der Waals surface area contributed by atoms with E-state index in [0.29, 0.717) is 41.7 Å². The topological polar surface area (TPSA) is 150 Å². The van der Waals surface area contributed by atoms with Crippen molar-refractivity contribution in [2.75, 3.05) is 18.5 Å². The first-order chi connectivity index (χ1) is 23.6. The lowest BCUT2D eigenvalue weighted by Crippen LogP contribution is -2.28. The van der Waals surface area contributed by atoms with Gasteiger partial charge in [0.1, 0.15) is 11.4 Å². The lowest BCUT2D eigenvalue weighted by atomic mass is 9.98. The standard InChI is InChI=1S/C35H38FN6O6P/c1-4-37-34(43)42-33-40-27-18-26(30(36)29(31(27)41-33)28-16-11-17-45-28)25-19-38-32(39-20-25)35(2,3)48-49(44,46-21-23-12-7-5-8-13-23)47-22-24-14-9-6-10-15-24/h5-10,12-15,18-20,28H,4,11,16-17,21-22H2,1-3H3,(H3,37,40,41,42,43)/t28-/m1/s1. The minimum absolute atomic E-state index is 0.00865. The highest BCUT2D eigenvalue weighted by Gasteiger charge is 2.39. The number of aromatic amines is 1. The number of nitrogens with one attached hydrogen (secondary N) is 3. The predicted octanol–water partition coefficient (Wildman–Crippen LogP) is 7.95. The van der Waals surface area contributed by atoms with Crippen LogP contribution in [0.3, 0.4) is 0 Å². The Morgan fingerprint density at radius 1 is 1.04 bits per heavy atom. The third-order valence-electron chi connectivity index (χ3n) is 7.88. The molecule has 1 atom stereocenters. The van der Waals surface area contributed by atoms with E-state index in [4.69, 9.17) is 18.3 Å². The molecule has 2 amide bonds. The van der Waals surface area contributed by atoms with Gasteiger partial charge >= 0.3 is 13.9 Å². The van der Waals surface area contributed by atoms with Crippen LogP contribution in [0.5, 0.6) is 0 Å². The first kappa shape index (κ1) is 34.3. The fraction of sp³-hybridized carbons (Fsp3) is 0.314. The average molecular weight is 689 g/mol. The maximum Gasteiger partial charge on any atom is 0.476 e. The summed E-state index contributed by atoms with van der Waals surface area (Å²) in [6.07, 6.45) is 3.87. The summed E-state index contributed by atoms with van der Waals surface area (Å²) in [6.45, 7) is 6.03. The highest BCUT2D eigenvalue weighted by atomic mass is 31.2. The van der Waals surface area contributed by atoms with E-state index in [2.05, 4.69) is 30.6 Å². The fourth-order valence-electron chi connectivity index (χ4n) is 5.48. The van der Waals surface area contributed by atoms with Crippen molar-refractivity contribution >= 4 is 30.8 Å². The van der Waals surface area contributed by atoms with Crippen molar-refractivity contribution in [2.45, 2.75) is 58.5 Å². The SMILES string of the molecule is CCNC(=O)Nc1nc2cc(-c3cnc(C(C)(C)OP(=O)(OCc4ccccc4)OCc4ccccc4)nc3)c(F)c([C@H]3CCCO3)c2[nH]1. The number of rotatable bonds is 13. The Balaban J connectivity index is 1.27. The quantitative estimate of drug-likeness (QED) is 0.105. The van der Waals surface area contributed by atoms with E-state index in [1.54, 1.807) is 26.8 Å². The van der Waals surface area contributed by atoms with E-state index in [1.807, 2.05) is 60.7 Å². The third kappa shape index (κ3) is 8.21. The number of hydrogen-bond donors (Lipinski definition) is 3. The molecule has 0 bridgehead atoms. The molecule has 256 valence electrons. The van der Waals surface area contributed by atoms with Crippen LogP contribution in [0.25, 0.3) is 22.2 Å². The van der Waals surface area contributed by atoms with Gasteiger partial charge in [0.05, 0.1) is 30.4 Å². The molecule has 0 unspecified atom stereocenters. The van der Waals surface area contributed by atoms with Crippen LogP contribution >= 0.6 is 7.82 Å². The van der Waals surface area contributed by atoms with Crippen LogP contribution in [-0.4, -0.2) is 39.1 Å². The summed E-state index contributed by atoms with van der Waals surface area (Å²) in [7, 11) is -4.17. The zero-order valence-electron chi connectivity index (χ0n) is 27.4. The van der Waals surface area contributed by atoms with Crippen LogP contribution in [0.2, 0.25) is 0 Å². The number of carbonyl (C=O) groups is 1. The molecule has 12 nitrogen and oxygen atoms in total. The maximum atomic E-state index is 16.4. The Hall–Kier alpha value is -4.52. The minimum atomic E-state index is -4.17. The molecule has 1 saturated heterocycles. The number of carbonyl (C=O) groups excluding carboxylic acids is 1. The highest BCUT2D eigenvalue weighted by molar-refractivity contribution is 7.48. The van der Waals surface area contributed by atoms with Crippen molar-refractivity contribution in [3.63, 3.8) is 0 Å². The molecule has 1 fully saturated rings. The van der Waals surface area contributed by atoms with Crippen molar-refractivity contribution in [2.24, 2.45) is 0 Å². The minimum Gasteiger partial charge on any atom is -0.373 e. The van der Waals surface area contributed by atoms with Gasteiger partial charge < -0.3 is 15.0 Å². The molecule has 6 rings (SSSR count). The van der Waals surface area contributed by atoms with Crippen LogP contribution in [0, 0.1) is 5.82 Å². The molecule has 5 aromatic rings. The van der Waals surface area contributed by atoms with Crippen LogP contribution in [-0.2, 0) is 41.7 Å². The Morgan fingerprint density at radius 3 is 2.24 bits per heavy atom. The number of nitrogens with zero attached hydrogens (tertiary/aromatic N) is 3. The molecule has 49 heavy (non-hydrogen) atoms. The first-order valence-corrected chi connectivity index (χ1v) is 17.5. The van der Waals surface area contributed by atoms with Gasteiger partial charge in [-0.3, -0.25) is 18.9 Å². The van der Waals surface area contributed by atoms with Crippen molar-refractivity contribution in [3.8, 4) is 11.1 Å². The monoisotopic (exact) mass is 688 g/mol. The Labute approximate surface area is 283 Å². The van der Waals surface area contributed by atoms with Crippen molar-refractivity contribution in [1.82, 2.24) is 25.3 Å². The Kier molecular flexibility index (Phi) is 10.5. The van der Waals surface area contributed by atoms with Gasteiger partial charge in [0.2, 0.25) is 5.95 Å². The molecule has 1 aliphatic rings. The van der Waals surface area contributed by atoms with Crippen LogP contribution in [0.1, 0.15) is 62.2 Å². The molecule has 1 aliphatic heterocycles. The summed E-state index contributed by atoms with van der Waals surface area (Å²) >= 11 is 0. The molecular formula is C35H38FN6O6P.